The lowest BCUT2D eigenvalue weighted by Crippen LogP contribution is -2.29. The van der Waals surface area contributed by atoms with Crippen molar-refractivity contribution in [3.05, 3.63) is 16.4 Å². The summed E-state index contributed by atoms with van der Waals surface area (Å²) in [6, 6.07) is 0.619. The van der Waals surface area contributed by atoms with Gasteiger partial charge in [-0.05, 0) is 18.8 Å². The van der Waals surface area contributed by atoms with E-state index in [-0.39, 0.29) is 6.61 Å². The van der Waals surface area contributed by atoms with Crippen LogP contribution in [0.15, 0.2) is 0 Å². The molecule has 2 rings (SSSR count). The normalized spacial score (nSPS) is 15.9. The summed E-state index contributed by atoms with van der Waals surface area (Å²) in [6.07, 6.45) is 2.46. The van der Waals surface area contributed by atoms with Crippen molar-refractivity contribution in [1.82, 2.24) is 14.7 Å². The van der Waals surface area contributed by atoms with Crippen molar-refractivity contribution in [2.75, 3.05) is 13.2 Å². The average Bonchev–Trinajstić information content (AvgIpc) is 3.11. The molecule has 0 amide bonds. The first-order valence-corrected chi connectivity index (χ1v) is 6.98. The second-order valence-electron chi connectivity index (χ2n) is 5.36. The van der Waals surface area contributed by atoms with E-state index in [0.717, 1.165) is 23.0 Å². The third-order valence-corrected chi connectivity index (χ3v) is 3.93. The number of aliphatic hydroxyl groups excluding tert-OH is 1. The van der Waals surface area contributed by atoms with E-state index in [2.05, 4.69) is 23.8 Å². The molecule has 4 nitrogen and oxygen atoms in total. The Kier molecular flexibility index (Phi) is 4.30. The van der Waals surface area contributed by atoms with Crippen molar-refractivity contribution in [3.63, 3.8) is 0 Å². The van der Waals surface area contributed by atoms with E-state index in [0.29, 0.717) is 18.5 Å². The Balaban J connectivity index is 2.20. The molecule has 0 atom stereocenters. The third kappa shape index (κ3) is 2.87. The third-order valence-electron chi connectivity index (χ3n) is 3.46. The molecule has 1 aliphatic carbocycles. The lowest BCUT2D eigenvalue weighted by atomic mass is 10.1. The fraction of sp³-hybridized carbons (Fsp3) is 0.769. The molecule has 0 aromatic carbocycles. The molecule has 0 unspecified atom stereocenters. The van der Waals surface area contributed by atoms with Crippen LogP contribution in [0.1, 0.15) is 43.9 Å². The molecule has 102 valence electrons. The summed E-state index contributed by atoms with van der Waals surface area (Å²) in [5, 5.41) is 14.4. The summed E-state index contributed by atoms with van der Waals surface area (Å²) in [7, 11) is 1.88. The highest BCUT2D eigenvalue weighted by Crippen LogP contribution is 2.32. The predicted octanol–water partition coefficient (Wildman–Crippen LogP) is 2.15. The summed E-state index contributed by atoms with van der Waals surface area (Å²) in [5.41, 5.74) is 2.20. The van der Waals surface area contributed by atoms with Crippen molar-refractivity contribution >= 4 is 11.6 Å². The zero-order chi connectivity index (χ0) is 13.3. The van der Waals surface area contributed by atoms with E-state index >= 15 is 0 Å². The zero-order valence-electron chi connectivity index (χ0n) is 11.4. The minimum absolute atomic E-state index is 0.200. The molecule has 0 spiro atoms. The van der Waals surface area contributed by atoms with Gasteiger partial charge >= 0.3 is 0 Å². The molecule has 1 aromatic rings. The summed E-state index contributed by atoms with van der Waals surface area (Å²) >= 11 is 6.34. The number of aryl methyl sites for hydroxylation is 1. The maximum absolute atomic E-state index is 9.15. The van der Waals surface area contributed by atoms with Crippen LogP contribution >= 0.6 is 11.6 Å². The fourth-order valence-electron chi connectivity index (χ4n) is 2.34. The second-order valence-corrected chi connectivity index (χ2v) is 5.72. The number of aromatic nitrogens is 2. The lowest BCUT2D eigenvalue weighted by molar-refractivity contribution is 0.183. The summed E-state index contributed by atoms with van der Waals surface area (Å²) in [5.74, 6) is 0.369. The Bertz CT molecular complexity index is 413. The van der Waals surface area contributed by atoms with Gasteiger partial charge in [-0.15, -0.1) is 0 Å². The Morgan fingerprint density at radius 2 is 2.17 bits per heavy atom. The maximum atomic E-state index is 9.15. The van der Waals surface area contributed by atoms with Gasteiger partial charge in [0.15, 0.2) is 0 Å². The molecule has 1 fully saturated rings. The van der Waals surface area contributed by atoms with Gasteiger partial charge in [0.05, 0.1) is 12.3 Å². The van der Waals surface area contributed by atoms with Gasteiger partial charge in [-0.3, -0.25) is 9.58 Å². The highest BCUT2D eigenvalue weighted by Gasteiger charge is 2.30. The molecule has 1 N–H and O–H groups in total. The van der Waals surface area contributed by atoms with Crippen LogP contribution in [0.4, 0.5) is 0 Å². The average molecular weight is 272 g/mol. The van der Waals surface area contributed by atoms with E-state index in [4.69, 9.17) is 16.7 Å². The van der Waals surface area contributed by atoms with Crippen LogP contribution in [0.2, 0.25) is 5.15 Å². The van der Waals surface area contributed by atoms with Gasteiger partial charge in [0, 0.05) is 31.7 Å². The monoisotopic (exact) mass is 271 g/mol. The Morgan fingerprint density at radius 3 is 2.67 bits per heavy atom. The largest absolute Gasteiger partial charge is 0.395 e. The van der Waals surface area contributed by atoms with E-state index in [9.17, 15) is 0 Å². The molecule has 18 heavy (non-hydrogen) atoms. The van der Waals surface area contributed by atoms with Gasteiger partial charge in [-0.1, -0.05) is 25.4 Å². The van der Waals surface area contributed by atoms with Crippen LogP contribution in [0, 0.1) is 0 Å². The number of hydrogen-bond acceptors (Lipinski definition) is 3. The van der Waals surface area contributed by atoms with E-state index in [1.165, 1.54) is 12.8 Å². The predicted molar refractivity (Wildman–Crippen MR) is 72.8 cm³/mol. The molecular weight excluding hydrogens is 250 g/mol. The minimum Gasteiger partial charge on any atom is -0.395 e. The molecule has 1 saturated carbocycles. The first-order valence-electron chi connectivity index (χ1n) is 6.60. The molecule has 0 aliphatic heterocycles. The van der Waals surface area contributed by atoms with E-state index in [1.807, 2.05) is 7.05 Å². The number of aliphatic hydroxyl groups is 1. The van der Waals surface area contributed by atoms with Crippen LogP contribution in [0.5, 0.6) is 0 Å². The van der Waals surface area contributed by atoms with Gasteiger partial charge in [-0.2, -0.15) is 5.10 Å². The quantitative estimate of drug-likeness (QED) is 0.862. The lowest BCUT2D eigenvalue weighted by Gasteiger charge is -2.21. The van der Waals surface area contributed by atoms with Gasteiger partial charge in [0.1, 0.15) is 5.15 Å². The SMILES string of the molecule is CC(C)c1nn(C)c(Cl)c1CN(CCO)C1CC1. The van der Waals surface area contributed by atoms with Crippen LogP contribution < -0.4 is 0 Å². The van der Waals surface area contributed by atoms with Crippen molar-refractivity contribution in [2.45, 2.75) is 45.2 Å². The van der Waals surface area contributed by atoms with Crippen LogP contribution in [-0.2, 0) is 13.6 Å². The van der Waals surface area contributed by atoms with E-state index in [1.54, 1.807) is 4.68 Å². The molecule has 1 aromatic heterocycles. The Labute approximate surface area is 114 Å². The molecule has 5 heteroatoms. The second kappa shape index (κ2) is 5.59. The molecular formula is C13H22ClN3O. The number of nitrogens with zero attached hydrogens (tertiary/aromatic N) is 3. The molecule has 1 heterocycles. The molecule has 0 saturated heterocycles. The molecule has 1 aliphatic rings. The fourth-order valence-corrected chi connectivity index (χ4v) is 2.53. The van der Waals surface area contributed by atoms with Gasteiger partial charge in [-0.25, -0.2) is 0 Å². The van der Waals surface area contributed by atoms with Crippen molar-refractivity contribution in [3.8, 4) is 0 Å². The van der Waals surface area contributed by atoms with Crippen molar-refractivity contribution < 1.29 is 5.11 Å². The standard InChI is InChI=1S/C13H22ClN3O/c1-9(2)12-11(13(14)16(3)15-12)8-17(6-7-18)10-4-5-10/h9-10,18H,4-8H2,1-3H3. The minimum atomic E-state index is 0.200. The van der Waals surface area contributed by atoms with Crippen LogP contribution in [0.25, 0.3) is 0 Å². The Morgan fingerprint density at radius 1 is 1.50 bits per heavy atom. The number of halogens is 1. The zero-order valence-corrected chi connectivity index (χ0v) is 12.1. The highest BCUT2D eigenvalue weighted by atomic mass is 35.5. The first kappa shape index (κ1) is 13.8. The highest BCUT2D eigenvalue weighted by molar-refractivity contribution is 6.30. The summed E-state index contributed by atoms with van der Waals surface area (Å²) < 4.78 is 1.75. The maximum Gasteiger partial charge on any atom is 0.131 e. The number of rotatable bonds is 6. The van der Waals surface area contributed by atoms with Crippen LogP contribution in [-0.4, -0.2) is 39.0 Å². The molecule has 0 bridgehead atoms. The van der Waals surface area contributed by atoms with Gasteiger partial charge in [0.2, 0.25) is 0 Å². The van der Waals surface area contributed by atoms with Gasteiger partial charge < -0.3 is 5.11 Å². The Hall–Kier alpha value is -0.580. The van der Waals surface area contributed by atoms with E-state index < -0.39 is 0 Å². The van der Waals surface area contributed by atoms with Crippen molar-refractivity contribution in [2.24, 2.45) is 7.05 Å². The summed E-state index contributed by atoms with van der Waals surface area (Å²) in [6.45, 7) is 5.98. The van der Waals surface area contributed by atoms with Crippen molar-refractivity contribution in [1.29, 1.82) is 0 Å². The topological polar surface area (TPSA) is 41.3 Å². The smallest absolute Gasteiger partial charge is 0.131 e. The number of hydrogen-bond donors (Lipinski definition) is 1. The van der Waals surface area contributed by atoms with Gasteiger partial charge in [0.25, 0.3) is 0 Å². The first-order chi connectivity index (χ1) is 8.54. The molecule has 0 radical (unpaired) electrons. The summed E-state index contributed by atoms with van der Waals surface area (Å²) in [4.78, 5) is 2.31. The van der Waals surface area contributed by atoms with Crippen LogP contribution in [0.3, 0.4) is 0 Å².